The lowest BCUT2D eigenvalue weighted by Crippen LogP contribution is -2.40. The maximum absolute atomic E-state index is 11.5. The number of nitrogens with zero attached hydrogens (tertiary/aromatic N) is 5. The summed E-state index contributed by atoms with van der Waals surface area (Å²) in [6, 6.07) is 0.0360. The van der Waals surface area contributed by atoms with Crippen LogP contribution in [-0.2, 0) is 5.21 Å². The minimum absolute atomic E-state index is 0.0360. The van der Waals surface area contributed by atoms with Crippen LogP contribution in [0.5, 0.6) is 0 Å². The number of rotatable bonds is 1. The summed E-state index contributed by atoms with van der Waals surface area (Å²) in [5.74, 6) is 0.594. The molecule has 6 heteroatoms. The molecule has 0 spiro atoms. The van der Waals surface area contributed by atoms with E-state index in [-0.39, 0.29) is 6.04 Å². The SMILES string of the molecule is CN(C)C1C=C[N+](C)(C)c2c1nnn2[O]. The fourth-order valence-electron chi connectivity index (χ4n) is 1.86. The monoisotopic (exact) mass is 209 g/mol. The van der Waals surface area contributed by atoms with E-state index < -0.39 is 0 Å². The molecule has 0 N–H and O–H groups in total. The molecule has 1 aromatic heterocycles. The third kappa shape index (κ3) is 1.42. The van der Waals surface area contributed by atoms with E-state index in [4.69, 9.17) is 0 Å². The first-order chi connectivity index (χ1) is 6.93. The molecule has 0 saturated heterocycles. The third-order valence-electron chi connectivity index (χ3n) is 2.67. The van der Waals surface area contributed by atoms with Crippen molar-refractivity contribution in [1.82, 2.24) is 24.5 Å². The van der Waals surface area contributed by atoms with Crippen LogP contribution < -0.4 is 4.48 Å². The van der Waals surface area contributed by atoms with Crippen molar-refractivity contribution in [2.45, 2.75) is 6.04 Å². The smallest absolute Gasteiger partial charge is 0.297 e. The Hall–Kier alpha value is -1.40. The molecule has 1 aliphatic rings. The molecule has 1 atom stereocenters. The second-order valence-electron chi connectivity index (χ2n) is 4.46. The zero-order valence-electron chi connectivity index (χ0n) is 9.38. The van der Waals surface area contributed by atoms with Crippen LogP contribution in [0.3, 0.4) is 0 Å². The average Bonchev–Trinajstić information content (AvgIpc) is 2.48. The van der Waals surface area contributed by atoms with Crippen molar-refractivity contribution in [2.75, 3.05) is 28.2 Å². The van der Waals surface area contributed by atoms with E-state index in [1.54, 1.807) is 0 Å². The lowest BCUT2D eigenvalue weighted by atomic mass is 10.1. The highest BCUT2D eigenvalue weighted by Gasteiger charge is 2.37. The van der Waals surface area contributed by atoms with Crippen LogP contribution in [0.2, 0.25) is 0 Å². The van der Waals surface area contributed by atoms with Gasteiger partial charge in [-0.05, 0) is 25.4 Å². The van der Waals surface area contributed by atoms with Gasteiger partial charge in [-0.3, -0.25) is 4.90 Å². The summed E-state index contributed by atoms with van der Waals surface area (Å²) in [6.45, 7) is 0. The lowest BCUT2D eigenvalue weighted by molar-refractivity contribution is 0.0497. The first-order valence-electron chi connectivity index (χ1n) is 4.76. The summed E-state index contributed by atoms with van der Waals surface area (Å²) in [5.41, 5.74) is 0.738. The fraction of sp³-hybridized carbons (Fsp3) is 0.556. The van der Waals surface area contributed by atoms with Gasteiger partial charge in [0.2, 0.25) is 0 Å². The van der Waals surface area contributed by atoms with Gasteiger partial charge in [-0.2, -0.15) is 0 Å². The van der Waals surface area contributed by atoms with Gasteiger partial charge < -0.3 is 0 Å². The van der Waals surface area contributed by atoms with Crippen LogP contribution in [0.15, 0.2) is 12.3 Å². The van der Waals surface area contributed by atoms with Crippen LogP contribution >= 0.6 is 0 Å². The van der Waals surface area contributed by atoms with Crippen LogP contribution in [0.25, 0.3) is 0 Å². The van der Waals surface area contributed by atoms with Gasteiger partial charge in [0.25, 0.3) is 5.82 Å². The normalized spacial score (nSPS) is 23.1. The molecule has 15 heavy (non-hydrogen) atoms. The highest BCUT2D eigenvalue weighted by Crippen LogP contribution is 2.34. The number of quaternary nitrogens is 1. The summed E-state index contributed by atoms with van der Waals surface area (Å²) in [7, 11) is 7.76. The number of hydrogen-bond donors (Lipinski definition) is 0. The van der Waals surface area contributed by atoms with Crippen molar-refractivity contribution in [3.63, 3.8) is 0 Å². The van der Waals surface area contributed by atoms with E-state index >= 15 is 0 Å². The number of fused-ring (bicyclic) bond motifs is 1. The topological polar surface area (TPSA) is 53.9 Å². The van der Waals surface area contributed by atoms with E-state index in [0.717, 1.165) is 5.69 Å². The molecule has 0 saturated carbocycles. The van der Waals surface area contributed by atoms with E-state index in [0.29, 0.717) is 15.1 Å². The quantitative estimate of drug-likeness (QED) is 0.619. The number of likely N-dealkylation sites (N-methyl/N-ethyl adjacent to an activating group) is 1. The van der Waals surface area contributed by atoms with E-state index in [1.165, 1.54) is 0 Å². The molecule has 0 aromatic carbocycles. The maximum atomic E-state index is 11.5. The molecule has 0 bridgehead atoms. The highest BCUT2D eigenvalue weighted by molar-refractivity contribution is 5.47. The standard InChI is InChI=1S/C9H15N5O/c1-12(2)7-5-6-14(3,4)9-8(7)10-11-13(9)15/h5-7H,1-4H3/q+1. The fourth-order valence-corrected chi connectivity index (χ4v) is 1.86. The molecule has 1 radical (unpaired) electrons. The van der Waals surface area contributed by atoms with Gasteiger partial charge in [0.15, 0.2) is 5.69 Å². The summed E-state index contributed by atoms with van der Waals surface area (Å²) in [6.07, 6.45) is 4.02. The van der Waals surface area contributed by atoms with Crippen molar-refractivity contribution < 1.29 is 5.21 Å². The molecule has 2 heterocycles. The van der Waals surface area contributed by atoms with Gasteiger partial charge in [0.1, 0.15) is 0 Å². The van der Waals surface area contributed by atoms with Crippen molar-refractivity contribution in [2.24, 2.45) is 0 Å². The average molecular weight is 209 g/mol. The van der Waals surface area contributed by atoms with Gasteiger partial charge in [0.05, 0.1) is 26.3 Å². The molecule has 0 aliphatic carbocycles. The summed E-state index contributed by atoms with van der Waals surface area (Å²) in [5, 5.41) is 19.0. The Balaban J connectivity index is 2.57. The van der Waals surface area contributed by atoms with Gasteiger partial charge >= 0.3 is 0 Å². The minimum atomic E-state index is 0.0360. The lowest BCUT2D eigenvalue weighted by Gasteiger charge is -2.30. The third-order valence-corrected chi connectivity index (χ3v) is 2.67. The zero-order valence-corrected chi connectivity index (χ0v) is 9.38. The molecule has 1 aliphatic heterocycles. The number of aromatic nitrogens is 3. The maximum Gasteiger partial charge on any atom is 0.297 e. The van der Waals surface area contributed by atoms with Gasteiger partial charge in [-0.15, -0.1) is 10.3 Å². The van der Waals surface area contributed by atoms with Crippen LogP contribution in [0.1, 0.15) is 11.7 Å². The molecule has 0 fully saturated rings. The van der Waals surface area contributed by atoms with E-state index in [2.05, 4.69) is 10.3 Å². The second kappa shape index (κ2) is 3.04. The van der Waals surface area contributed by atoms with E-state index in [9.17, 15) is 5.21 Å². The molecular weight excluding hydrogens is 194 g/mol. The van der Waals surface area contributed by atoms with Gasteiger partial charge in [0, 0.05) is 4.85 Å². The minimum Gasteiger partial charge on any atom is -0.297 e. The predicted molar refractivity (Wildman–Crippen MR) is 55.3 cm³/mol. The summed E-state index contributed by atoms with van der Waals surface area (Å²) < 4.78 is 0.385. The van der Waals surface area contributed by atoms with E-state index in [1.807, 2.05) is 45.4 Å². The van der Waals surface area contributed by atoms with Crippen molar-refractivity contribution in [3.8, 4) is 0 Å². The van der Waals surface area contributed by atoms with Crippen LogP contribution in [0.4, 0.5) is 5.82 Å². The Kier molecular flexibility index (Phi) is 2.06. The van der Waals surface area contributed by atoms with Crippen molar-refractivity contribution >= 4 is 5.82 Å². The molecule has 0 amide bonds. The first-order valence-corrected chi connectivity index (χ1v) is 4.76. The van der Waals surface area contributed by atoms with Crippen LogP contribution in [-0.4, -0.2) is 48.2 Å². The Morgan fingerprint density at radius 3 is 2.73 bits per heavy atom. The molecule has 81 valence electrons. The first kappa shape index (κ1) is 10.1. The molecular formula is C9H15N5O+. The largest absolute Gasteiger partial charge is 0.297 e. The Labute approximate surface area is 88.6 Å². The highest BCUT2D eigenvalue weighted by atomic mass is 16.5. The number of hydrogen-bond acceptors (Lipinski definition) is 3. The summed E-state index contributed by atoms with van der Waals surface area (Å²) in [4.78, 5) is 2.61. The zero-order chi connectivity index (χ0) is 11.2. The Morgan fingerprint density at radius 2 is 2.13 bits per heavy atom. The van der Waals surface area contributed by atoms with Gasteiger partial charge in [-0.1, -0.05) is 0 Å². The predicted octanol–water partition coefficient (Wildman–Crippen LogP) is 0.169. The second-order valence-corrected chi connectivity index (χ2v) is 4.46. The molecule has 1 unspecified atom stereocenters. The molecule has 2 rings (SSSR count). The molecule has 1 aromatic rings. The van der Waals surface area contributed by atoms with Crippen LogP contribution in [0, 0.1) is 0 Å². The Morgan fingerprint density at radius 1 is 1.47 bits per heavy atom. The molecule has 6 nitrogen and oxygen atoms in total. The van der Waals surface area contributed by atoms with Crippen molar-refractivity contribution in [3.05, 3.63) is 18.0 Å². The summed E-state index contributed by atoms with van der Waals surface area (Å²) >= 11 is 0. The van der Waals surface area contributed by atoms with Gasteiger partial charge in [-0.25, -0.2) is 4.48 Å². The van der Waals surface area contributed by atoms with Crippen molar-refractivity contribution in [1.29, 1.82) is 0 Å². The Bertz CT molecular complexity index is 407.